The van der Waals surface area contributed by atoms with Crippen molar-refractivity contribution in [3.8, 4) is 11.5 Å². The van der Waals surface area contributed by atoms with E-state index in [1.807, 2.05) is 12.1 Å². The molecule has 0 saturated carbocycles. The Morgan fingerprint density at radius 2 is 2.11 bits per heavy atom. The second-order valence-corrected chi connectivity index (χ2v) is 5.54. The first-order valence-electron chi connectivity index (χ1n) is 5.35. The van der Waals surface area contributed by atoms with Crippen LogP contribution in [-0.2, 0) is 10.5 Å². The molecular weight excluding hydrogens is 318 g/mol. The molecular formula is C12H16BrNO3S. The van der Waals surface area contributed by atoms with Crippen LogP contribution in [0.2, 0.25) is 0 Å². The van der Waals surface area contributed by atoms with Crippen LogP contribution < -0.4 is 15.2 Å². The van der Waals surface area contributed by atoms with Crippen molar-refractivity contribution in [2.75, 3.05) is 20.0 Å². The zero-order chi connectivity index (χ0) is 13.5. The van der Waals surface area contributed by atoms with Crippen LogP contribution in [0.25, 0.3) is 0 Å². The van der Waals surface area contributed by atoms with Gasteiger partial charge in [0.1, 0.15) is 0 Å². The van der Waals surface area contributed by atoms with E-state index in [-0.39, 0.29) is 5.91 Å². The van der Waals surface area contributed by atoms with Gasteiger partial charge in [-0.25, -0.2) is 0 Å². The number of nitrogens with two attached hydrogens (primary N) is 1. The number of amides is 1. The zero-order valence-corrected chi connectivity index (χ0v) is 12.8. The predicted octanol–water partition coefficient (Wildman–Crippen LogP) is 2.57. The lowest BCUT2D eigenvalue weighted by Gasteiger charge is -2.11. The highest BCUT2D eigenvalue weighted by atomic mass is 79.9. The van der Waals surface area contributed by atoms with Gasteiger partial charge in [-0.1, -0.05) is 0 Å². The molecule has 1 aromatic carbocycles. The molecule has 1 rings (SSSR count). The average Bonchev–Trinajstić information content (AvgIpc) is 2.33. The van der Waals surface area contributed by atoms with E-state index in [0.717, 1.165) is 21.5 Å². The molecule has 18 heavy (non-hydrogen) atoms. The normalized spacial score (nSPS) is 10.2. The average molecular weight is 334 g/mol. The van der Waals surface area contributed by atoms with Crippen molar-refractivity contribution in [3.05, 3.63) is 22.2 Å². The fourth-order valence-corrected chi connectivity index (χ4v) is 2.96. The second-order valence-electron chi connectivity index (χ2n) is 3.58. The van der Waals surface area contributed by atoms with Gasteiger partial charge >= 0.3 is 0 Å². The summed E-state index contributed by atoms with van der Waals surface area (Å²) < 4.78 is 11.4. The number of methoxy groups -OCH3 is 2. The summed E-state index contributed by atoms with van der Waals surface area (Å²) in [4.78, 5) is 10.6. The highest BCUT2D eigenvalue weighted by molar-refractivity contribution is 9.10. The highest BCUT2D eigenvalue weighted by Gasteiger charge is 2.10. The van der Waals surface area contributed by atoms with E-state index in [1.165, 1.54) is 0 Å². The quantitative estimate of drug-likeness (QED) is 0.779. The first kappa shape index (κ1) is 15.2. The SMILES string of the molecule is COc1cc(CSCCC(N)=O)cc(Br)c1OC. The van der Waals surface area contributed by atoms with Gasteiger partial charge in [0.05, 0.1) is 18.7 Å². The number of benzene rings is 1. The Kier molecular flexibility index (Phi) is 6.35. The topological polar surface area (TPSA) is 61.5 Å². The van der Waals surface area contributed by atoms with E-state index in [2.05, 4.69) is 15.9 Å². The number of primary amides is 1. The number of carbonyl (C=O) groups is 1. The predicted molar refractivity (Wildman–Crippen MR) is 77.2 cm³/mol. The lowest BCUT2D eigenvalue weighted by atomic mass is 10.2. The summed E-state index contributed by atoms with van der Waals surface area (Å²) in [5.41, 5.74) is 6.19. The van der Waals surface area contributed by atoms with Crippen LogP contribution in [0.3, 0.4) is 0 Å². The Hall–Kier alpha value is -0.880. The third-order valence-electron chi connectivity index (χ3n) is 2.25. The number of ether oxygens (including phenoxy) is 2. The summed E-state index contributed by atoms with van der Waals surface area (Å²) in [6.07, 6.45) is 0.402. The number of rotatable bonds is 7. The lowest BCUT2D eigenvalue weighted by Crippen LogP contribution is -2.10. The smallest absolute Gasteiger partial charge is 0.218 e. The van der Waals surface area contributed by atoms with Crippen LogP contribution in [0.5, 0.6) is 11.5 Å². The maximum Gasteiger partial charge on any atom is 0.218 e. The fraction of sp³-hybridized carbons (Fsp3) is 0.417. The highest BCUT2D eigenvalue weighted by Crippen LogP contribution is 2.37. The molecule has 6 heteroatoms. The monoisotopic (exact) mass is 333 g/mol. The van der Waals surface area contributed by atoms with Crippen LogP contribution in [0, 0.1) is 0 Å². The third-order valence-corrected chi connectivity index (χ3v) is 3.87. The molecule has 0 unspecified atom stereocenters. The Balaban J connectivity index is 2.67. The summed E-state index contributed by atoms with van der Waals surface area (Å²) >= 11 is 5.10. The van der Waals surface area contributed by atoms with Gasteiger partial charge in [0.25, 0.3) is 0 Å². The van der Waals surface area contributed by atoms with Gasteiger partial charge in [-0.15, -0.1) is 0 Å². The van der Waals surface area contributed by atoms with E-state index in [9.17, 15) is 4.79 Å². The van der Waals surface area contributed by atoms with Crippen LogP contribution in [0.1, 0.15) is 12.0 Å². The number of halogens is 1. The van der Waals surface area contributed by atoms with Gasteiger partial charge in [0.2, 0.25) is 5.91 Å². The molecule has 100 valence electrons. The third kappa shape index (κ3) is 4.42. The van der Waals surface area contributed by atoms with Crippen LogP contribution >= 0.6 is 27.7 Å². The summed E-state index contributed by atoms with van der Waals surface area (Å²) in [5.74, 6) is 2.63. The van der Waals surface area contributed by atoms with Crippen molar-refractivity contribution in [2.24, 2.45) is 5.73 Å². The van der Waals surface area contributed by atoms with Crippen LogP contribution in [-0.4, -0.2) is 25.9 Å². The molecule has 0 aliphatic heterocycles. The second kappa shape index (κ2) is 7.53. The molecule has 1 amide bonds. The molecule has 0 aliphatic rings. The molecule has 0 bridgehead atoms. The van der Waals surface area contributed by atoms with Crippen molar-refractivity contribution in [1.29, 1.82) is 0 Å². The standard InChI is InChI=1S/C12H16BrNO3S/c1-16-10-6-8(5-9(13)12(10)17-2)7-18-4-3-11(14)15/h5-6H,3-4,7H2,1-2H3,(H2,14,15). The van der Waals surface area contributed by atoms with Crippen LogP contribution in [0.4, 0.5) is 0 Å². The largest absolute Gasteiger partial charge is 0.493 e. The van der Waals surface area contributed by atoms with Gasteiger partial charge in [0, 0.05) is 17.9 Å². The summed E-state index contributed by atoms with van der Waals surface area (Å²) in [5, 5.41) is 0. The zero-order valence-electron chi connectivity index (χ0n) is 10.4. The molecule has 0 radical (unpaired) electrons. The molecule has 1 aromatic rings. The fourth-order valence-electron chi connectivity index (χ4n) is 1.42. The van der Waals surface area contributed by atoms with Gasteiger partial charge in [-0.2, -0.15) is 11.8 Å². The summed E-state index contributed by atoms with van der Waals surface area (Å²) in [6.45, 7) is 0. The lowest BCUT2D eigenvalue weighted by molar-refractivity contribution is -0.117. The number of carbonyl (C=O) groups excluding carboxylic acids is 1. The minimum absolute atomic E-state index is 0.268. The van der Waals surface area contributed by atoms with E-state index < -0.39 is 0 Å². The minimum atomic E-state index is -0.268. The Bertz CT molecular complexity index is 426. The van der Waals surface area contributed by atoms with Gasteiger partial charge in [-0.3, -0.25) is 4.79 Å². The molecule has 2 N–H and O–H groups in total. The molecule has 0 atom stereocenters. The van der Waals surface area contributed by atoms with Gasteiger partial charge in [-0.05, 0) is 33.6 Å². The maximum atomic E-state index is 10.6. The first-order valence-corrected chi connectivity index (χ1v) is 7.29. The maximum absolute atomic E-state index is 10.6. The molecule has 0 spiro atoms. The Labute approximate surface area is 119 Å². The van der Waals surface area contributed by atoms with E-state index in [1.54, 1.807) is 26.0 Å². The van der Waals surface area contributed by atoms with E-state index in [4.69, 9.17) is 15.2 Å². The van der Waals surface area contributed by atoms with Crippen molar-refractivity contribution >= 4 is 33.6 Å². The number of thioether (sulfide) groups is 1. The summed E-state index contributed by atoms with van der Waals surface area (Å²) in [6, 6.07) is 3.92. The molecule has 0 fully saturated rings. The van der Waals surface area contributed by atoms with E-state index >= 15 is 0 Å². The minimum Gasteiger partial charge on any atom is -0.493 e. The van der Waals surface area contributed by atoms with Crippen molar-refractivity contribution < 1.29 is 14.3 Å². The van der Waals surface area contributed by atoms with Crippen molar-refractivity contribution in [2.45, 2.75) is 12.2 Å². The van der Waals surface area contributed by atoms with Gasteiger partial charge < -0.3 is 15.2 Å². The first-order chi connectivity index (χ1) is 8.58. The Morgan fingerprint density at radius 1 is 1.39 bits per heavy atom. The number of hydrogen-bond donors (Lipinski definition) is 1. The summed E-state index contributed by atoms with van der Waals surface area (Å²) in [7, 11) is 3.21. The molecule has 4 nitrogen and oxygen atoms in total. The van der Waals surface area contributed by atoms with Gasteiger partial charge in [0.15, 0.2) is 11.5 Å². The van der Waals surface area contributed by atoms with E-state index in [0.29, 0.717) is 17.9 Å². The van der Waals surface area contributed by atoms with Crippen molar-refractivity contribution in [1.82, 2.24) is 0 Å². The molecule has 0 aliphatic carbocycles. The number of hydrogen-bond acceptors (Lipinski definition) is 4. The van der Waals surface area contributed by atoms with Crippen molar-refractivity contribution in [3.63, 3.8) is 0 Å². The molecule has 0 aromatic heterocycles. The van der Waals surface area contributed by atoms with Crippen LogP contribution in [0.15, 0.2) is 16.6 Å². The molecule has 0 saturated heterocycles. The molecule has 0 heterocycles. The Morgan fingerprint density at radius 3 is 2.67 bits per heavy atom.